The van der Waals surface area contributed by atoms with E-state index in [4.69, 9.17) is 4.99 Å². The molecule has 1 saturated heterocycles. The van der Waals surface area contributed by atoms with E-state index in [0.717, 1.165) is 63.8 Å². The van der Waals surface area contributed by atoms with Gasteiger partial charge in [-0.3, -0.25) is 9.67 Å². The second kappa shape index (κ2) is 11.7. The van der Waals surface area contributed by atoms with Gasteiger partial charge >= 0.3 is 0 Å². The van der Waals surface area contributed by atoms with Crippen LogP contribution in [0.3, 0.4) is 0 Å². The standard InChI is InChI=1S/C24H38N6/c1-4-25-24(26-13-8-14-30-21(3)17-20(2)28-30)27-18-23-12-16-29(19-23)15-11-22-9-6-5-7-10-22/h5-7,9-10,17,23H,4,8,11-16,18-19H2,1-3H3,(H2,25,26,27). The fourth-order valence-electron chi connectivity index (χ4n) is 4.10. The van der Waals surface area contributed by atoms with Crippen LogP contribution in [0.15, 0.2) is 41.4 Å². The average molecular weight is 411 g/mol. The zero-order chi connectivity index (χ0) is 21.2. The summed E-state index contributed by atoms with van der Waals surface area (Å²) in [5.41, 5.74) is 3.74. The number of aryl methyl sites for hydroxylation is 3. The summed E-state index contributed by atoms with van der Waals surface area (Å²) < 4.78 is 2.09. The fraction of sp³-hybridized carbons (Fsp3) is 0.583. The molecular formula is C24H38N6. The first kappa shape index (κ1) is 22.3. The van der Waals surface area contributed by atoms with E-state index < -0.39 is 0 Å². The summed E-state index contributed by atoms with van der Waals surface area (Å²) in [6.07, 6.45) is 3.41. The van der Waals surface area contributed by atoms with E-state index in [-0.39, 0.29) is 0 Å². The van der Waals surface area contributed by atoms with Crippen LogP contribution in [0.5, 0.6) is 0 Å². The van der Waals surface area contributed by atoms with Gasteiger partial charge in [0.25, 0.3) is 0 Å². The number of benzene rings is 1. The van der Waals surface area contributed by atoms with Crippen LogP contribution in [0, 0.1) is 19.8 Å². The van der Waals surface area contributed by atoms with E-state index >= 15 is 0 Å². The van der Waals surface area contributed by atoms with Gasteiger partial charge in [-0.1, -0.05) is 30.3 Å². The monoisotopic (exact) mass is 410 g/mol. The van der Waals surface area contributed by atoms with Gasteiger partial charge in [-0.25, -0.2) is 0 Å². The quantitative estimate of drug-likeness (QED) is 0.359. The highest BCUT2D eigenvalue weighted by Crippen LogP contribution is 2.17. The first-order valence-corrected chi connectivity index (χ1v) is 11.4. The minimum absolute atomic E-state index is 0.658. The molecule has 1 aliphatic rings. The topological polar surface area (TPSA) is 57.5 Å². The Morgan fingerprint density at radius 2 is 2.00 bits per heavy atom. The number of aromatic nitrogens is 2. The average Bonchev–Trinajstić information content (AvgIpc) is 3.33. The van der Waals surface area contributed by atoms with Crippen molar-refractivity contribution in [1.29, 1.82) is 0 Å². The van der Waals surface area contributed by atoms with Gasteiger partial charge in [0, 0.05) is 45.0 Å². The number of hydrogen-bond donors (Lipinski definition) is 2. The van der Waals surface area contributed by atoms with Crippen LogP contribution in [0.25, 0.3) is 0 Å². The van der Waals surface area contributed by atoms with E-state index in [2.05, 4.69) is 75.6 Å². The first-order chi connectivity index (χ1) is 14.6. The number of guanidine groups is 1. The molecule has 0 amide bonds. The highest BCUT2D eigenvalue weighted by Gasteiger charge is 2.21. The molecule has 0 aliphatic carbocycles. The Morgan fingerprint density at radius 1 is 1.17 bits per heavy atom. The maximum atomic E-state index is 4.86. The van der Waals surface area contributed by atoms with Gasteiger partial charge in [0.1, 0.15) is 0 Å². The molecule has 0 saturated carbocycles. The van der Waals surface area contributed by atoms with Crippen LogP contribution in [0.4, 0.5) is 0 Å². The van der Waals surface area contributed by atoms with Crippen molar-refractivity contribution in [2.75, 3.05) is 39.3 Å². The van der Waals surface area contributed by atoms with Gasteiger partial charge in [-0.2, -0.15) is 5.10 Å². The SMILES string of the molecule is CCNC(=NCC1CCN(CCc2ccccc2)C1)NCCCn1nc(C)cc1C. The molecule has 2 N–H and O–H groups in total. The van der Waals surface area contributed by atoms with E-state index in [1.54, 1.807) is 0 Å². The largest absolute Gasteiger partial charge is 0.357 e. The lowest BCUT2D eigenvalue weighted by Gasteiger charge is -2.16. The molecule has 3 rings (SSSR count). The van der Waals surface area contributed by atoms with Gasteiger partial charge in [0.2, 0.25) is 0 Å². The normalized spacial score (nSPS) is 17.4. The molecule has 0 radical (unpaired) electrons. The second-order valence-electron chi connectivity index (χ2n) is 8.34. The number of rotatable bonds is 10. The van der Waals surface area contributed by atoms with E-state index in [9.17, 15) is 0 Å². The van der Waals surface area contributed by atoms with Crippen LogP contribution in [-0.2, 0) is 13.0 Å². The number of nitrogens with one attached hydrogen (secondary N) is 2. The molecule has 30 heavy (non-hydrogen) atoms. The minimum Gasteiger partial charge on any atom is -0.357 e. The predicted molar refractivity (Wildman–Crippen MR) is 125 cm³/mol. The van der Waals surface area contributed by atoms with Gasteiger partial charge in [0.05, 0.1) is 5.69 Å². The van der Waals surface area contributed by atoms with Crippen LogP contribution >= 0.6 is 0 Å². The van der Waals surface area contributed by atoms with Crippen molar-refractivity contribution in [3.8, 4) is 0 Å². The third-order valence-electron chi connectivity index (χ3n) is 5.72. The Bertz CT molecular complexity index is 782. The van der Waals surface area contributed by atoms with Crippen molar-refractivity contribution < 1.29 is 0 Å². The predicted octanol–water partition coefficient (Wildman–Crippen LogP) is 3.01. The van der Waals surface area contributed by atoms with E-state index in [0.29, 0.717) is 5.92 Å². The van der Waals surface area contributed by atoms with Gasteiger partial charge in [-0.05, 0) is 64.1 Å². The Hall–Kier alpha value is -2.34. The second-order valence-corrected chi connectivity index (χ2v) is 8.34. The molecule has 6 nitrogen and oxygen atoms in total. The smallest absolute Gasteiger partial charge is 0.191 e. The molecule has 1 aromatic heterocycles. The maximum Gasteiger partial charge on any atom is 0.191 e. The molecule has 2 aromatic rings. The molecule has 0 bridgehead atoms. The Kier molecular flexibility index (Phi) is 8.75. The summed E-state index contributed by atoms with van der Waals surface area (Å²) >= 11 is 0. The lowest BCUT2D eigenvalue weighted by Crippen LogP contribution is -2.38. The lowest BCUT2D eigenvalue weighted by molar-refractivity contribution is 0.329. The summed E-state index contributed by atoms with van der Waals surface area (Å²) in [6.45, 7) is 13.4. The molecular weight excluding hydrogens is 372 g/mol. The Labute approximate surface area is 181 Å². The lowest BCUT2D eigenvalue weighted by atomic mass is 10.1. The van der Waals surface area contributed by atoms with E-state index in [1.807, 2.05) is 6.92 Å². The van der Waals surface area contributed by atoms with Crippen molar-refractivity contribution in [3.05, 3.63) is 53.3 Å². The molecule has 1 aromatic carbocycles. The third kappa shape index (κ3) is 7.17. The van der Waals surface area contributed by atoms with Crippen molar-refractivity contribution in [3.63, 3.8) is 0 Å². The molecule has 1 atom stereocenters. The molecule has 0 spiro atoms. The van der Waals surface area contributed by atoms with Crippen molar-refractivity contribution in [2.24, 2.45) is 10.9 Å². The summed E-state index contributed by atoms with van der Waals surface area (Å²) in [4.78, 5) is 7.45. The highest BCUT2D eigenvalue weighted by atomic mass is 15.3. The first-order valence-electron chi connectivity index (χ1n) is 11.4. The molecule has 164 valence electrons. The van der Waals surface area contributed by atoms with Crippen molar-refractivity contribution in [1.82, 2.24) is 25.3 Å². The van der Waals surface area contributed by atoms with Gasteiger partial charge < -0.3 is 15.5 Å². The molecule has 6 heteroatoms. The van der Waals surface area contributed by atoms with Gasteiger partial charge in [-0.15, -0.1) is 0 Å². The molecule has 2 heterocycles. The van der Waals surface area contributed by atoms with Crippen molar-refractivity contribution >= 4 is 5.96 Å². The third-order valence-corrected chi connectivity index (χ3v) is 5.72. The zero-order valence-corrected chi connectivity index (χ0v) is 18.9. The Morgan fingerprint density at radius 3 is 2.73 bits per heavy atom. The fourth-order valence-corrected chi connectivity index (χ4v) is 4.10. The number of hydrogen-bond acceptors (Lipinski definition) is 3. The molecule has 1 fully saturated rings. The number of aliphatic imine (C=N–C) groups is 1. The Balaban J connectivity index is 1.37. The van der Waals surface area contributed by atoms with E-state index in [1.165, 1.54) is 24.2 Å². The van der Waals surface area contributed by atoms with Gasteiger partial charge in [0.15, 0.2) is 5.96 Å². The zero-order valence-electron chi connectivity index (χ0n) is 18.9. The minimum atomic E-state index is 0.658. The molecule has 1 unspecified atom stereocenters. The maximum absolute atomic E-state index is 4.86. The summed E-state index contributed by atoms with van der Waals surface area (Å²) in [7, 11) is 0. The highest BCUT2D eigenvalue weighted by molar-refractivity contribution is 5.79. The number of nitrogens with zero attached hydrogens (tertiary/aromatic N) is 4. The van der Waals surface area contributed by atoms with Crippen molar-refractivity contribution in [2.45, 2.75) is 46.6 Å². The number of likely N-dealkylation sites (tertiary alicyclic amines) is 1. The van der Waals surface area contributed by atoms with Crippen LogP contribution in [0.2, 0.25) is 0 Å². The molecule has 1 aliphatic heterocycles. The summed E-state index contributed by atoms with van der Waals surface area (Å²) in [6, 6.07) is 12.9. The van der Waals surface area contributed by atoms with Crippen LogP contribution in [0.1, 0.15) is 36.7 Å². The van der Waals surface area contributed by atoms with Crippen LogP contribution < -0.4 is 10.6 Å². The summed E-state index contributed by atoms with van der Waals surface area (Å²) in [5.74, 6) is 1.60. The van der Waals surface area contributed by atoms with Crippen LogP contribution in [-0.4, -0.2) is 59.9 Å². The summed E-state index contributed by atoms with van der Waals surface area (Å²) in [5, 5.41) is 11.4.